The standard InChI is InChI=1S/C13H17NO5S/c1-18-5-2-3-10(15)14-12-11(13(16)17)8-4-6-19-7-9(8)20-12/h2-7H2,1H3,(H,14,15)(H,16,17). The number of carboxylic acid groups (broad SMARTS) is 1. The minimum atomic E-state index is -1.00. The highest BCUT2D eigenvalue weighted by molar-refractivity contribution is 7.17. The number of aromatic carboxylic acids is 1. The van der Waals surface area contributed by atoms with E-state index in [0.717, 1.165) is 10.4 Å². The van der Waals surface area contributed by atoms with Crippen molar-refractivity contribution >= 4 is 28.2 Å². The van der Waals surface area contributed by atoms with Gasteiger partial charge >= 0.3 is 5.97 Å². The molecule has 0 bridgehead atoms. The molecule has 0 aromatic carbocycles. The Morgan fingerprint density at radius 1 is 1.50 bits per heavy atom. The summed E-state index contributed by atoms with van der Waals surface area (Å²) in [6.07, 6.45) is 1.50. The van der Waals surface area contributed by atoms with Gasteiger partial charge in [0.25, 0.3) is 0 Å². The van der Waals surface area contributed by atoms with Gasteiger partial charge in [0, 0.05) is 25.0 Å². The molecular weight excluding hydrogens is 282 g/mol. The highest BCUT2D eigenvalue weighted by Crippen LogP contribution is 2.36. The van der Waals surface area contributed by atoms with Gasteiger partial charge in [-0.2, -0.15) is 0 Å². The second-order valence-electron chi connectivity index (χ2n) is 4.46. The maximum atomic E-state index is 11.8. The van der Waals surface area contributed by atoms with Crippen LogP contribution in [0.15, 0.2) is 0 Å². The van der Waals surface area contributed by atoms with Crippen molar-refractivity contribution in [3.05, 3.63) is 16.0 Å². The van der Waals surface area contributed by atoms with Crippen LogP contribution in [0.1, 0.15) is 33.6 Å². The molecule has 1 aliphatic rings. The van der Waals surface area contributed by atoms with Crippen LogP contribution in [0, 0.1) is 0 Å². The molecule has 6 nitrogen and oxygen atoms in total. The van der Waals surface area contributed by atoms with Crippen molar-refractivity contribution in [1.29, 1.82) is 0 Å². The second kappa shape index (κ2) is 6.83. The molecule has 0 radical (unpaired) electrons. The maximum absolute atomic E-state index is 11.8. The third-order valence-corrected chi connectivity index (χ3v) is 4.16. The molecule has 0 spiro atoms. The maximum Gasteiger partial charge on any atom is 0.339 e. The number of thiophene rings is 1. The van der Waals surface area contributed by atoms with E-state index in [1.807, 2.05) is 0 Å². The molecule has 0 aliphatic carbocycles. The highest BCUT2D eigenvalue weighted by Gasteiger charge is 2.26. The molecule has 0 unspecified atom stereocenters. The van der Waals surface area contributed by atoms with Crippen LogP contribution < -0.4 is 5.32 Å². The smallest absolute Gasteiger partial charge is 0.339 e. The summed E-state index contributed by atoms with van der Waals surface area (Å²) in [7, 11) is 1.58. The molecule has 110 valence electrons. The van der Waals surface area contributed by atoms with Gasteiger partial charge in [0.15, 0.2) is 0 Å². The zero-order chi connectivity index (χ0) is 14.5. The number of carbonyl (C=O) groups excluding carboxylic acids is 1. The van der Waals surface area contributed by atoms with Crippen molar-refractivity contribution in [1.82, 2.24) is 0 Å². The van der Waals surface area contributed by atoms with E-state index < -0.39 is 5.97 Å². The number of carbonyl (C=O) groups is 2. The molecule has 1 aromatic heterocycles. The number of methoxy groups -OCH3 is 1. The van der Waals surface area contributed by atoms with Gasteiger partial charge in [-0.3, -0.25) is 4.79 Å². The molecule has 0 fully saturated rings. The average molecular weight is 299 g/mol. The molecular formula is C13H17NO5S. The van der Waals surface area contributed by atoms with Crippen LogP contribution in [0.25, 0.3) is 0 Å². The lowest BCUT2D eigenvalue weighted by Crippen LogP contribution is -2.15. The Morgan fingerprint density at radius 3 is 3.00 bits per heavy atom. The number of nitrogens with one attached hydrogen (secondary N) is 1. The van der Waals surface area contributed by atoms with Crippen molar-refractivity contribution in [2.75, 3.05) is 25.6 Å². The Bertz CT molecular complexity index is 511. The molecule has 2 heterocycles. The predicted molar refractivity (Wildman–Crippen MR) is 74.4 cm³/mol. The van der Waals surface area contributed by atoms with E-state index in [2.05, 4.69) is 5.32 Å². The van der Waals surface area contributed by atoms with Crippen molar-refractivity contribution in [2.24, 2.45) is 0 Å². The van der Waals surface area contributed by atoms with E-state index >= 15 is 0 Å². The first-order chi connectivity index (χ1) is 9.63. The minimum absolute atomic E-state index is 0.191. The SMILES string of the molecule is COCCCC(=O)Nc1sc2c(c1C(=O)O)CCOC2. The first-order valence-corrected chi connectivity index (χ1v) is 7.19. The molecule has 20 heavy (non-hydrogen) atoms. The van der Waals surface area contributed by atoms with Crippen LogP contribution in [0.4, 0.5) is 5.00 Å². The number of hydrogen-bond donors (Lipinski definition) is 2. The van der Waals surface area contributed by atoms with Crippen LogP contribution in [0.3, 0.4) is 0 Å². The molecule has 0 atom stereocenters. The normalized spacial score (nSPS) is 13.8. The van der Waals surface area contributed by atoms with E-state index in [-0.39, 0.29) is 11.5 Å². The zero-order valence-corrected chi connectivity index (χ0v) is 12.0. The first-order valence-electron chi connectivity index (χ1n) is 6.38. The summed E-state index contributed by atoms with van der Waals surface area (Å²) in [4.78, 5) is 24.1. The summed E-state index contributed by atoms with van der Waals surface area (Å²) in [5.74, 6) is -1.19. The average Bonchev–Trinajstić information content (AvgIpc) is 2.76. The summed E-state index contributed by atoms with van der Waals surface area (Å²) in [6.45, 7) is 1.44. The molecule has 2 rings (SSSR count). The number of fused-ring (bicyclic) bond motifs is 1. The summed E-state index contributed by atoms with van der Waals surface area (Å²) in [5, 5.41) is 12.4. The fourth-order valence-electron chi connectivity index (χ4n) is 2.11. The summed E-state index contributed by atoms with van der Waals surface area (Å²) in [5.41, 5.74) is 1.01. The number of anilines is 1. The lowest BCUT2D eigenvalue weighted by Gasteiger charge is -2.11. The monoisotopic (exact) mass is 299 g/mol. The van der Waals surface area contributed by atoms with E-state index in [1.165, 1.54) is 11.3 Å². The van der Waals surface area contributed by atoms with Crippen molar-refractivity contribution in [3.63, 3.8) is 0 Å². The van der Waals surface area contributed by atoms with E-state index in [9.17, 15) is 14.7 Å². The summed E-state index contributed by atoms with van der Waals surface area (Å²) >= 11 is 1.29. The van der Waals surface area contributed by atoms with Gasteiger partial charge in [0.1, 0.15) is 5.00 Å². The third kappa shape index (κ3) is 3.36. The molecule has 1 amide bonds. The zero-order valence-electron chi connectivity index (χ0n) is 11.2. The Kier molecular flexibility index (Phi) is 5.11. The van der Waals surface area contributed by atoms with Crippen LogP contribution >= 0.6 is 11.3 Å². The lowest BCUT2D eigenvalue weighted by molar-refractivity contribution is -0.116. The van der Waals surface area contributed by atoms with E-state index in [0.29, 0.717) is 44.1 Å². The Morgan fingerprint density at radius 2 is 2.30 bits per heavy atom. The van der Waals surface area contributed by atoms with Gasteiger partial charge in [0.2, 0.25) is 5.91 Å². The largest absolute Gasteiger partial charge is 0.478 e. The van der Waals surface area contributed by atoms with Crippen LogP contribution in [0.2, 0.25) is 0 Å². The number of rotatable bonds is 6. The van der Waals surface area contributed by atoms with Crippen LogP contribution in [0.5, 0.6) is 0 Å². The molecule has 2 N–H and O–H groups in total. The third-order valence-electron chi connectivity index (χ3n) is 3.04. The first kappa shape index (κ1) is 15.0. The second-order valence-corrected chi connectivity index (χ2v) is 5.57. The van der Waals surface area contributed by atoms with Crippen molar-refractivity contribution in [3.8, 4) is 0 Å². The highest BCUT2D eigenvalue weighted by atomic mass is 32.1. The summed E-state index contributed by atoms with van der Waals surface area (Å²) in [6, 6.07) is 0. The predicted octanol–water partition coefficient (Wildman–Crippen LogP) is 1.88. The number of ether oxygens (including phenoxy) is 2. The number of hydrogen-bond acceptors (Lipinski definition) is 5. The van der Waals surface area contributed by atoms with Gasteiger partial charge in [-0.15, -0.1) is 11.3 Å². The topological polar surface area (TPSA) is 84.9 Å². The lowest BCUT2D eigenvalue weighted by atomic mass is 10.1. The van der Waals surface area contributed by atoms with Gasteiger partial charge in [-0.25, -0.2) is 4.79 Å². The fraction of sp³-hybridized carbons (Fsp3) is 0.538. The Balaban J connectivity index is 2.12. The van der Waals surface area contributed by atoms with Gasteiger partial charge in [-0.1, -0.05) is 0 Å². The molecule has 7 heteroatoms. The van der Waals surface area contributed by atoms with Gasteiger partial charge in [0.05, 0.1) is 18.8 Å². The van der Waals surface area contributed by atoms with Crippen LogP contribution in [-0.2, 0) is 27.3 Å². The number of amides is 1. The Labute approximate surface area is 120 Å². The summed E-state index contributed by atoms with van der Waals surface area (Å²) < 4.78 is 10.2. The van der Waals surface area contributed by atoms with E-state index in [1.54, 1.807) is 7.11 Å². The minimum Gasteiger partial charge on any atom is -0.478 e. The Hall–Kier alpha value is -1.44. The van der Waals surface area contributed by atoms with Crippen molar-refractivity contribution in [2.45, 2.75) is 25.9 Å². The molecule has 0 saturated carbocycles. The molecule has 1 aliphatic heterocycles. The number of carboxylic acids is 1. The van der Waals surface area contributed by atoms with Crippen LogP contribution in [-0.4, -0.2) is 37.3 Å². The molecule has 1 aromatic rings. The van der Waals surface area contributed by atoms with Gasteiger partial charge in [-0.05, 0) is 18.4 Å². The fourth-order valence-corrected chi connectivity index (χ4v) is 3.31. The quantitative estimate of drug-likeness (QED) is 0.783. The van der Waals surface area contributed by atoms with Crippen molar-refractivity contribution < 1.29 is 24.2 Å². The van der Waals surface area contributed by atoms with Gasteiger partial charge < -0.3 is 19.9 Å². The molecule has 0 saturated heterocycles. The van der Waals surface area contributed by atoms with E-state index in [4.69, 9.17) is 9.47 Å².